The summed E-state index contributed by atoms with van der Waals surface area (Å²) in [6.07, 6.45) is 1.93. The van der Waals surface area contributed by atoms with Crippen molar-refractivity contribution in [2.45, 2.75) is 44.8 Å². The summed E-state index contributed by atoms with van der Waals surface area (Å²) in [5.41, 5.74) is 0. The fraction of sp³-hybridized carbons (Fsp3) is 1.00. The van der Waals surface area contributed by atoms with E-state index in [1.807, 2.05) is 0 Å². The van der Waals surface area contributed by atoms with Gasteiger partial charge in [-0.2, -0.15) is 8.42 Å². The Labute approximate surface area is 95.3 Å². The van der Waals surface area contributed by atoms with Crippen LogP contribution in [-0.2, 0) is 10.4 Å². The summed E-state index contributed by atoms with van der Waals surface area (Å²) < 4.78 is 31.6. The first-order valence-corrected chi connectivity index (χ1v) is 6.29. The summed E-state index contributed by atoms with van der Waals surface area (Å²) in [6.45, 7) is 1.72. The van der Waals surface area contributed by atoms with Crippen LogP contribution in [0, 0.1) is 0 Å². The Morgan fingerprint density at radius 2 is 1.50 bits per heavy atom. The molecule has 0 aliphatic heterocycles. The second-order valence-corrected chi connectivity index (χ2v) is 4.16. The van der Waals surface area contributed by atoms with E-state index in [1.165, 1.54) is 0 Å². The van der Waals surface area contributed by atoms with E-state index in [1.54, 1.807) is 0 Å². The number of aliphatic hydroxyl groups is 3. The normalized spacial score (nSPS) is 14.9. The van der Waals surface area contributed by atoms with Crippen LogP contribution in [0.25, 0.3) is 0 Å². The van der Waals surface area contributed by atoms with Crippen molar-refractivity contribution in [2.75, 3.05) is 6.61 Å². The van der Waals surface area contributed by atoms with E-state index in [4.69, 9.17) is 32.8 Å². The minimum atomic E-state index is -4.67. The lowest BCUT2D eigenvalue weighted by Crippen LogP contribution is -2.28. The number of hydrogen-bond donors (Lipinski definition) is 5. The summed E-state index contributed by atoms with van der Waals surface area (Å²) in [4.78, 5) is 0. The van der Waals surface area contributed by atoms with Crippen LogP contribution in [0.2, 0.25) is 0 Å². The predicted molar refractivity (Wildman–Crippen MR) is 57.4 cm³/mol. The quantitative estimate of drug-likeness (QED) is 0.324. The number of hydrogen-bond acceptors (Lipinski definition) is 5. The molecule has 5 N–H and O–H groups in total. The molecular formula is C8H20O7S. The summed E-state index contributed by atoms with van der Waals surface area (Å²) in [6, 6.07) is 0. The number of rotatable bonds is 6. The van der Waals surface area contributed by atoms with Gasteiger partial charge in [0.05, 0.1) is 12.7 Å². The molecule has 0 radical (unpaired) electrons. The van der Waals surface area contributed by atoms with Gasteiger partial charge in [-0.3, -0.25) is 9.11 Å². The maximum absolute atomic E-state index is 9.13. The van der Waals surface area contributed by atoms with Gasteiger partial charge in [0.25, 0.3) is 0 Å². The molecule has 0 saturated heterocycles. The molecule has 16 heavy (non-hydrogen) atoms. The monoisotopic (exact) mass is 260 g/mol. The molecule has 0 spiro atoms. The van der Waals surface area contributed by atoms with E-state index in [2.05, 4.69) is 6.92 Å². The maximum atomic E-state index is 9.13. The van der Waals surface area contributed by atoms with Gasteiger partial charge < -0.3 is 15.3 Å². The van der Waals surface area contributed by atoms with E-state index in [0.29, 0.717) is 6.42 Å². The first kappa shape index (κ1) is 18.1. The van der Waals surface area contributed by atoms with Gasteiger partial charge in [-0.25, -0.2) is 0 Å². The van der Waals surface area contributed by atoms with Gasteiger partial charge in [-0.05, 0) is 6.42 Å². The maximum Gasteiger partial charge on any atom is 0.394 e. The first-order chi connectivity index (χ1) is 7.22. The average Bonchev–Trinajstić information content (AvgIpc) is 2.14. The van der Waals surface area contributed by atoms with Crippen molar-refractivity contribution in [1.82, 2.24) is 0 Å². The van der Waals surface area contributed by atoms with Crippen LogP contribution in [0.1, 0.15) is 32.6 Å². The van der Waals surface area contributed by atoms with Crippen LogP contribution in [0.4, 0.5) is 0 Å². The molecule has 0 saturated carbocycles. The summed E-state index contributed by atoms with van der Waals surface area (Å²) in [5.74, 6) is 0. The largest absolute Gasteiger partial charge is 0.394 e. The van der Waals surface area contributed by atoms with Gasteiger partial charge in [-0.15, -0.1) is 0 Å². The molecule has 8 heteroatoms. The third kappa shape index (κ3) is 19.3. The molecule has 7 nitrogen and oxygen atoms in total. The molecule has 0 aromatic carbocycles. The summed E-state index contributed by atoms with van der Waals surface area (Å²) >= 11 is 0. The topological polar surface area (TPSA) is 135 Å². The minimum absolute atomic E-state index is 0.354. The van der Waals surface area contributed by atoms with Crippen molar-refractivity contribution in [3.63, 3.8) is 0 Å². The second kappa shape index (κ2) is 9.94. The Kier molecular flexibility index (Phi) is 11.3. The molecule has 0 aliphatic carbocycles. The summed E-state index contributed by atoms with van der Waals surface area (Å²) in [7, 11) is -4.67. The zero-order valence-corrected chi connectivity index (χ0v) is 9.97. The van der Waals surface area contributed by atoms with Crippen molar-refractivity contribution in [2.24, 2.45) is 0 Å². The predicted octanol–water partition coefficient (Wildman–Crippen LogP) is -0.372. The van der Waals surface area contributed by atoms with Gasteiger partial charge in [0, 0.05) is 0 Å². The highest BCUT2D eigenvalue weighted by Crippen LogP contribution is 2.05. The second-order valence-electron chi connectivity index (χ2n) is 3.26. The third-order valence-corrected chi connectivity index (χ3v) is 1.73. The Bertz CT molecular complexity index is 231. The molecule has 0 aromatic heterocycles. The molecule has 0 aromatic rings. The summed E-state index contributed by atoms with van der Waals surface area (Å²) in [5, 5.41) is 26.5. The lowest BCUT2D eigenvalue weighted by Gasteiger charge is -2.14. The van der Waals surface area contributed by atoms with Gasteiger partial charge in [0.1, 0.15) is 6.10 Å². The van der Waals surface area contributed by atoms with Crippen LogP contribution in [-0.4, -0.2) is 51.7 Å². The molecule has 0 amide bonds. The van der Waals surface area contributed by atoms with E-state index >= 15 is 0 Å². The lowest BCUT2D eigenvalue weighted by atomic mass is 10.1. The van der Waals surface area contributed by atoms with Crippen molar-refractivity contribution >= 4 is 10.4 Å². The fourth-order valence-corrected chi connectivity index (χ4v) is 0.918. The SMILES string of the molecule is CCCCCC(O)C(O)CO.O=S(=O)(O)O. The van der Waals surface area contributed by atoms with Crippen molar-refractivity contribution in [3.8, 4) is 0 Å². The highest BCUT2D eigenvalue weighted by molar-refractivity contribution is 7.79. The zero-order chi connectivity index (χ0) is 13.2. The van der Waals surface area contributed by atoms with Crippen molar-refractivity contribution in [3.05, 3.63) is 0 Å². The number of unbranched alkanes of at least 4 members (excludes halogenated alkanes) is 2. The van der Waals surface area contributed by atoms with E-state index in [0.717, 1.165) is 19.3 Å². The van der Waals surface area contributed by atoms with E-state index in [-0.39, 0.29) is 6.61 Å². The molecule has 0 bridgehead atoms. The molecule has 0 heterocycles. The Morgan fingerprint density at radius 3 is 1.81 bits per heavy atom. The Morgan fingerprint density at radius 1 is 1.06 bits per heavy atom. The first-order valence-electron chi connectivity index (χ1n) is 4.89. The Balaban J connectivity index is 0. The van der Waals surface area contributed by atoms with Crippen LogP contribution in [0.15, 0.2) is 0 Å². The standard InChI is InChI=1S/C8H18O3.H2O4S/c1-2-3-4-5-7(10)8(11)6-9;1-5(2,3)4/h7-11H,2-6H2,1H3;(H2,1,2,3,4). The molecule has 100 valence electrons. The molecule has 0 aliphatic rings. The van der Waals surface area contributed by atoms with Gasteiger partial charge in [0.2, 0.25) is 0 Å². The third-order valence-electron chi connectivity index (χ3n) is 1.73. The minimum Gasteiger partial charge on any atom is -0.394 e. The lowest BCUT2D eigenvalue weighted by molar-refractivity contribution is -0.0185. The van der Waals surface area contributed by atoms with Crippen LogP contribution in [0.3, 0.4) is 0 Å². The zero-order valence-electron chi connectivity index (χ0n) is 9.15. The van der Waals surface area contributed by atoms with Crippen LogP contribution >= 0.6 is 0 Å². The molecule has 2 atom stereocenters. The molecule has 2 unspecified atom stereocenters. The molecule has 0 fully saturated rings. The molecule has 0 rings (SSSR count). The average molecular weight is 260 g/mol. The molecular weight excluding hydrogens is 240 g/mol. The van der Waals surface area contributed by atoms with Crippen LogP contribution in [0.5, 0.6) is 0 Å². The smallest absolute Gasteiger partial charge is 0.394 e. The highest BCUT2D eigenvalue weighted by atomic mass is 32.3. The van der Waals surface area contributed by atoms with Gasteiger partial charge in [0.15, 0.2) is 0 Å². The van der Waals surface area contributed by atoms with Crippen molar-refractivity contribution < 1.29 is 32.8 Å². The van der Waals surface area contributed by atoms with Crippen molar-refractivity contribution in [1.29, 1.82) is 0 Å². The van der Waals surface area contributed by atoms with Gasteiger partial charge in [-0.1, -0.05) is 26.2 Å². The van der Waals surface area contributed by atoms with Gasteiger partial charge >= 0.3 is 10.4 Å². The number of aliphatic hydroxyl groups excluding tert-OH is 3. The Hall–Kier alpha value is -0.250. The van der Waals surface area contributed by atoms with E-state index in [9.17, 15) is 0 Å². The fourth-order valence-electron chi connectivity index (χ4n) is 0.918. The highest BCUT2D eigenvalue weighted by Gasteiger charge is 2.13. The van der Waals surface area contributed by atoms with Crippen LogP contribution < -0.4 is 0 Å². The van der Waals surface area contributed by atoms with E-state index < -0.39 is 22.6 Å².